The third-order valence-electron chi connectivity index (χ3n) is 2.12. The summed E-state index contributed by atoms with van der Waals surface area (Å²) in [6.07, 6.45) is 4.31. The van der Waals surface area contributed by atoms with Gasteiger partial charge >= 0.3 is 6.03 Å². The number of carbonyl (C=O) groups excluding carboxylic acids is 1. The lowest BCUT2D eigenvalue weighted by Gasteiger charge is -2.26. The summed E-state index contributed by atoms with van der Waals surface area (Å²) in [5, 5.41) is 2.80. The summed E-state index contributed by atoms with van der Waals surface area (Å²) < 4.78 is 4.93. The van der Waals surface area contributed by atoms with Crippen LogP contribution >= 0.6 is 0 Å². The quantitative estimate of drug-likeness (QED) is 0.743. The van der Waals surface area contributed by atoms with Crippen LogP contribution in [-0.4, -0.2) is 24.0 Å². The van der Waals surface area contributed by atoms with Gasteiger partial charge in [-0.1, -0.05) is 0 Å². The fourth-order valence-electron chi connectivity index (χ4n) is 1.43. The van der Waals surface area contributed by atoms with E-state index in [1.807, 2.05) is 6.07 Å². The second-order valence-corrected chi connectivity index (χ2v) is 3.14. The number of hydrogen-bond donors (Lipinski definition) is 1. The smallest absolute Gasteiger partial charge is 0.317 e. The van der Waals surface area contributed by atoms with Crippen molar-refractivity contribution in [2.45, 2.75) is 13.0 Å². The highest BCUT2D eigenvalue weighted by atomic mass is 16.3. The SMILES string of the molecule is O=C1NCCCN1Cc1ccoc1. The molecular weight excluding hydrogens is 168 g/mol. The van der Waals surface area contributed by atoms with Crippen LogP contribution in [0.25, 0.3) is 0 Å². The lowest BCUT2D eigenvalue weighted by atomic mass is 10.2. The summed E-state index contributed by atoms with van der Waals surface area (Å²) in [5.74, 6) is 0. The molecule has 0 atom stereocenters. The van der Waals surface area contributed by atoms with Crippen LogP contribution in [0, 0.1) is 0 Å². The van der Waals surface area contributed by atoms with Crippen LogP contribution in [-0.2, 0) is 6.54 Å². The van der Waals surface area contributed by atoms with Crippen LogP contribution in [0.15, 0.2) is 23.0 Å². The predicted octanol–water partition coefficient (Wildman–Crippen LogP) is 1.19. The van der Waals surface area contributed by atoms with E-state index in [-0.39, 0.29) is 6.03 Å². The zero-order chi connectivity index (χ0) is 9.10. The van der Waals surface area contributed by atoms with Gasteiger partial charge in [-0.25, -0.2) is 4.79 Å². The summed E-state index contributed by atoms with van der Waals surface area (Å²) in [5.41, 5.74) is 1.04. The zero-order valence-electron chi connectivity index (χ0n) is 7.32. The Hall–Kier alpha value is -1.45. The van der Waals surface area contributed by atoms with E-state index >= 15 is 0 Å². The maximum Gasteiger partial charge on any atom is 0.317 e. The molecule has 0 radical (unpaired) electrons. The van der Waals surface area contributed by atoms with E-state index in [1.54, 1.807) is 17.4 Å². The van der Waals surface area contributed by atoms with Gasteiger partial charge in [-0.15, -0.1) is 0 Å². The molecule has 70 valence electrons. The van der Waals surface area contributed by atoms with E-state index in [1.165, 1.54) is 0 Å². The van der Waals surface area contributed by atoms with Gasteiger partial charge in [-0.3, -0.25) is 0 Å². The van der Waals surface area contributed by atoms with Gasteiger partial charge in [0.05, 0.1) is 19.1 Å². The lowest BCUT2D eigenvalue weighted by molar-refractivity contribution is 0.183. The Balaban J connectivity index is 1.97. The van der Waals surface area contributed by atoms with Crippen molar-refractivity contribution < 1.29 is 9.21 Å². The average Bonchev–Trinajstić information content (AvgIpc) is 2.61. The van der Waals surface area contributed by atoms with Gasteiger partial charge in [-0.05, 0) is 12.5 Å². The van der Waals surface area contributed by atoms with Gasteiger partial charge < -0.3 is 14.6 Å². The Morgan fingerprint density at radius 3 is 3.23 bits per heavy atom. The highest BCUT2D eigenvalue weighted by molar-refractivity contribution is 5.74. The minimum atomic E-state index is 0.0208. The van der Waals surface area contributed by atoms with Gasteiger partial charge in [0.15, 0.2) is 0 Å². The minimum Gasteiger partial charge on any atom is -0.472 e. The molecular formula is C9H12N2O2. The molecule has 0 unspecified atom stereocenters. The molecule has 1 aliphatic heterocycles. The molecule has 1 saturated heterocycles. The fourth-order valence-corrected chi connectivity index (χ4v) is 1.43. The van der Waals surface area contributed by atoms with Crippen LogP contribution in [0.4, 0.5) is 4.79 Å². The van der Waals surface area contributed by atoms with Crippen molar-refractivity contribution in [2.75, 3.05) is 13.1 Å². The second kappa shape index (κ2) is 3.51. The number of nitrogens with one attached hydrogen (secondary N) is 1. The normalized spacial score (nSPS) is 17.2. The summed E-state index contributed by atoms with van der Waals surface area (Å²) in [7, 11) is 0. The number of nitrogens with zero attached hydrogens (tertiary/aromatic N) is 1. The van der Waals surface area contributed by atoms with E-state index in [0.29, 0.717) is 6.54 Å². The second-order valence-electron chi connectivity index (χ2n) is 3.14. The fraction of sp³-hybridized carbons (Fsp3) is 0.444. The van der Waals surface area contributed by atoms with Crippen molar-refractivity contribution in [3.63, 3.8) is 0 Å². The van der Waals surface area contributed by atoms with E-state index in [0.717, 1.165) is 25.1 Å². The van der Waals surface area contributed by atoms with Crippen molar-refractivity contribution in [2.24, 2.45) is 0 Å². The zero-order valence-corrected chi connectivity index (χ0v) is 7.32. The molecule has 1 aromatic heterocycles. The van der Waals surface area contributed by atoms with Crippen molar-refractivity contribution in [3.05, 3.63) is 24.2 Å². The Morgan fingerprint density at radius 2 is 2.54 bits per heavy atom. The third-order valence-corrected chi connectivity index (χ3v) is 2.12. The van der Waals surface area contributed by atoms with Crippen molar-refractivity contribution in [3.8, 4) is 0 Å². The number of amides is 2. The third kappa shape index (κ3) is 1.83. The summed E-state index contributed by atoms with van der Waals surface area (Å²) in [4.78, 5) is 13.1. The van der Waals surface area contributed by atoms with Gasteiger partial charge in [0.25, 0.3) is 0 Å². The first-order valence-corrected chi connectivity index (χ1v) is 4.40. The highest BCUT2D eigenvalue weighted by Gasteiger charge is 2.17. The van der Waals surface area contributed by atoms with Crippen molar-refractivity contribution in [1.29, 1.82) is 0 Å². The maximum absolute atomic E-state index is 11.3. The topological polar surface area (TPSA) is 45.5 Å². The van der Waals surface area contributed by atoms with Gasteiger partial charge in [0.2, 0.25) is 0 Å². The molecule has 2 rings (SSSR count). The molecule has 0 aliphatic carbocycles. The molecule has 2 heterocycles. The number of furan rings is 1. The van der Waals surface area contributed by atoms with Crippen LogP contribution in [0.2, 0.25) is 0 Å². The number of urea groups is 1. The Morgan fingerprint density at radius 1 is 1.62 bits per heavy atom. The van der Waals surface area contributed by atoms with Crippen molar-refractivity contribution in [1.82, 2.24) is 10.2 Å². The molecule has 4 heteroatoms. The van der Waals surface area contributed by atoms with E-state index in [2.05, 4.69) is 5.32 Å². The number of hydrogen-bond acceptors (Lipinski definition) is 2. The molecule has 0 aromatic carbocycles. The molecule has 1 fully saturated rings. The average molecular weight is 180 g/mol. The largest absolute Gasteiger partial charge is 0.472 e. The van der Waals surface area contributed by atoms with Crippen LogP contribution in [0.5, 0.6) is 0 Å². The van der Waals surface area contributed by atoms with E-state index in [9.17, 15) is 4.79 Å². The van der Waals surface area contributed by atoms with Gasteiger partial charge in [0, 0.05) is 18.7 Å². The predicted molar refractivity (Wildman–Crippen MR) is 47.1 cm³/mol. The highest BCUT2D eigenvalue weighted by Crippen LogP contribution is 2.08. The van der Waals surface area contributed by atoms with Gasteiger partial charge in [0.1, 0.15) is 0 Å². The van der Waals surface area contributed by atoms with E-state index in [4.69, 9.17) is 4.42 Å². The summed E-state index contributed by atoms with van der Waals surface area (Å²) in [6.45, 7) is 2.26. The summed E-state index contributed by atoms with van der Waals surface area (Å²) >= 11 is 0. The Kier molecular flexibility index (Phi) is 2.21. The first-order valence-electron chi connectivity index (χ1n) is 4.40. The Bertz CT molecular complexity index is 282. The molecule has 1 N–H and O–H groups in total. The molecule has 0 saturated carbocycles. The maximum atomic E-state index is 11.3. The Labute approximate surface area is 76.5 Å². The molecule has 1 aliphatic rings. The molecule has 13 heavy (non-hydrogen) atoms. The van der Waals surface area contributed by atoms with Crippen molar-refractivity contribution >= 4 is 6.03 Å². The number of rotatable bonds is 2. The van der Waals surface area contributed by atoms with E-state index < -0.39 is 0 Å². The molecule has 4 nitrogen and oxygen atoms in total. The molecule has 0 bridgehead atoms. The van der Waals surface area contributed by atoms with Crippen LogP contribution in [0.1, 0.15) is 12.0 Å². The lowest BCUT2D eigenvalue weighted by Crippen LogP contribution is -2.45. The molecule has 2 amide bonds. The number of carbonyl (C=O) groups is 1. The molecule has 0 spiro atoms. The van der Waals surface area contributed by atoms with Crippen LogP contribution in [0.3, 0.4) is 0 Å². The van der Waals surface area contributed by atoms with Gasteiger partial charge in [-0.2, -0.15) is 0 Å². The first-order chi connectivity index (χ1) is 6.36. The summed E-state index contributed by atoms with van der Waals surface area (Å²) in [6, 6.07) is 1.90. The standard InChI is InChI=1S/C9H12N2O2/c12-9-10-3-1-4-11(9)6-8-2-5-13-7-8/h2,5,7H,1,3-4,6H2,(H,10,12). The monoisotopic (exact) mass is 180 g/mol. The van der Waals surface area contributed by atoms with Crippen LogP contribution < -0.4 is 5.32 Å². The minimum absolute atomic E-state index is 0.0208. The molecule has 1 aromatic rings. The first kappa shape index (κ1) is 8.16.